The SMILES string of the molecule is Cc1cc(-c2ccccc2C(C)OC[C@H](O)CNC(C)(C)Cc2cc(Cl)cc(Cl)c2)ccc1OC(=O)O. The fraction of sp³-hybridized carbons (Fsp3) is 0.345. The van der Waals surface area contributed by atoms with Gasteiger partial charge in [0.25, 0.3) is 0 Å². The molecule has 0 radical (unpaired) electrons. The van der Waals surface area contributed by atoms with Crippen molar-refractivity contribution < 1.29 is 24.5 Å². The summed E-state index contributed by atoms with van der Waals surface area (Å²) in [5.74, 6) is 0.301. The summed E-state index contributed by atoms with van der Waals surface area (Å²) >= 11 is 12.2. The van der Waals surface area contributed by atoms with Gasteiger partial charge < -0.3 is 25.0 Å². The van der Waals surface area contributed by atoms with Gasteiger partial charge in [0.1, 0.15) is 5.75 Å². The number of carbonyl (C=O) groups is 1. The van der Waals surface area contributed by atoms with E-state index >= 15 is 0 Å². The number of nitrogens with one attached hydrogen (secondary N) is 1. The van der Waals surface area contributed by atoms with Gasteiger partial charge in [-0.1, -0.05) is 53.5 Å². The molecule has 1 unspecified atom stereocenters. The molecule has 3 aromatic rings. The van der Waals surface area contributed by atoms with Crippen molar-refractivity contribution in [3.05, 3.63) is 87.4 Å². The third-order valence-electron chi connectivity index (χ3n) is 6.01. The van der Waals surface area contributed by atoms with Crippen molar-refractivity contribution in [2.75, 3.05) is 13.2 Å². The molecule has 3 aromatic carbocycles. The third kappa shape index (κ3) is 8.73. The van der Waals surface area contributed by atoms with Gasteiger partial charge in [0.05, 0.1) is 18.8 Å². The van der Waals surface area contributed by atoms with E-state index in [1.54, 1.807) is 19.1 Å². The third-order valence-corrected chi connectivity index (χ3v) is 6.44. The molecule has 3 rings (SSSR count). The first kappa shape index (κ1) is 29.0. The van der Waals surface area contributed by atoms with Crippen LogP contribution in [0.15, 0.2) is 60.7 Å². The molecule has 8 heteroatoms. The zero-order chi connectivity index (χ0) is 27.2. The van der Waals surface area contributed by atoms with Crippen molar-refractivity contribution in [2.45, 2.75) is 51.9 Å². The Hall–Kier alpha value is -2.61. The molecule has 0 aliphatic rings. The molecule has 3 N–H and O–H groups in total. The number of hydrogen-bond acceptors (Lipinski definition) is 5. The minimum absolute atomic E-state index is 0.159. The van der Waals surface area contributed by atoms with Crippen molar-refractivity contribution in [2.24, 2.45) is 0 Å². The average Bonchev–Trinajstić information content (AvgIpc) is 2.81. The van der Waals surface area contributed by atoms with Crippen molar-refractivity contribution in [3.8, 4) is 16.9 Å². The monoisotopic (exact) mass is 545 g/mol. The predicted molar refractivity (Wildman–Crippen MR) is 148 cm³/mol. The van der Waals surface area contributed by atoms with Crippen LogP contribution in [-0.2, 0) is 11.2 Å². The summed E-state index contributed by atoms with van der Waals surface area (Å²) in [6, 6.07) is 18.7. The lowest BCUT2D eigenvalue weighted by Crippen LogP contribution is -2.46. The average molecular weight is 546 g/mol. The van der Waals surface area contributed by atoms with Crippen LogP contribution < -0.4 is 10.1 Å². The van der Waals surface area contributed by atoms with Crippen LogP contribution in [0.3, 0.4) is 0 Å². The Bertz CT molecular complexity index is 1210. The Morgan fingerprint density at radius 1 is 1.05 bits per heavy atom. The number of aliphatic hydroxyl groups excluding tert-OH is 1. The highest BCUT2D eigenvalue weighted by atomic mass is 35.5. The van der Waals surface area contributed by atoms with Gasteiger partial charge in [-0.05, 0) is 92.3 Å². The summed E-state index contributed by atoms with van der Waals surface area (Å²) in [5.41, 5.74) is 4.30. The van der Waals surface area contributed by atoms with Crippen molar-refractivity contribution in [1.82, 2.24) is 5.32 Å². The van der Waals surface area contributed by atoms with Crippen LogP contribution in [-0.4, -0.2) is 41.2 Å². The maximum absolute atomic E-state index is 10.9. The molecule has 0 heterocycles. The molecule has 198 valence electrons. The van der Waals surface area contributed by atoms with Crippen LogP contribution in [0.2, 0.25) is 10.0 Å². The molecular formula is C29H33Cl2NO5. The van der Waals surface area contributed by atoms with E-state index in [1.165, 1.54) is 0 Å². The molecule has 2 atom stereocenters. The van der Waals surface area contributed by atoms with Crippen LogP contribution in [0.5, 0.6) is 5.75 Å². The standard InChI is InChI=1S/C29H33Cl2NO5/c1-18-11-21(9-10-27(18)37-28(34)35)26-8-6-5-7-25(26)19(2)36-17-24(33)16-32-29(3,4)15-20-12-22(30)14-23(31)13-20/h5-14,19,24,32-33H,15-17H2,1-4H3,(H,34,35)/t19?,24-/m1/s1. The zero-order valence-electron chi connectivity index (χ0n) is 21.4. The van der Waals surface area contributed by atoms with Gasteiger partial charge in [-0.15, -0.1) is 0 Å². The van der Waals surface area contributed by atoms with Crippen molar-refractivity contribution >= 4 is 29.4 Å². The minimum atomic E-state index is -1.34. The molecule has 0 saturated carbocycles. The number of rotatable bonds is 11. The lowest BCUT2D eigenvalue weighted by Gasteiger charge is -2.28. The van der Waals surface area contributed by atoms with E-state index in [4.69, 9.17) is 37.8 Å². The number of carboxylic acid groups (broad SMARTS) is 1. The number of ether oxygens (including phenoxy) is 2. The Morgan fingerprint density at radius 2 is 1.73 bits per heavy atom. The number of halogens is 2. The Balaban J connectivity index is 1.59. The maximum atomic E-state index is 10.9. The van der Waals surface area contributed by atoms with Gasteiger partial charge >= 0.3 is 6.16 Å². The highest BCUT2D eigenvalue weighted by molar-refractivity contribution is 6.34. The topological polar surface area (TPSA) is 88.0 Å². The summed E-state index contributed by atoms with van der Waals surface area (Å²) in [6.45, 7) is 8.38. The van der Waals surface area contributed by atoms with E-state index in [9.17, 15) is 9.90 Å². The molecule has 6 nitrogen and oxygen atoms in total. The summed E-state index contributed by atoms with van der Waals surface area (Å²) in [5, 5.41) is 24.1. The van der Waals surface area contributed by atoms with Gasteiger partial charge in [-0.3, -0.25) is 0 Å². The number of aryl methyl sites for hydroxylation is 1. The minimum Gasteiger partial charge on any atom is -0.449 e. The maximum Gasteiger partial charge on any atom is 0.511 e. The van der Waals surface area contributed by atoms with E-state index in [1.807, 2.05) is 55.5 Å². The second kappa shape index (κ2) is 12.8. The summed E-state index contributed by atoms with van der Waals surface area (Å²) in [4.78, 5) is 10.9. The second-order valence-corrected chi connectivity index (χ2v) is 10.7. The first-order chi connectivity index (χ1) is 17.4. The van der Waals surface area contributed by atoms with E-state index in [2.05, 4.69) is 19.2 Å². The molecule has 0 spiro atoms. The second-order valence-electron chi connectivity index (χ2n) is 9.78. The fourth-order valence-corrected chi connectivity index (χ4v) is 4.80. The normalized spacial score (nSPS) is 13.3. The zero-order valence-corrected chi connectivity index (χ0v) is 22.9. The Kier molecular flexibility index (Phi) is 9.99. The fourth-order valence-electron chi connectivity index (χ4n) is 4.22. The van der Waals surface area contributed by atoms with E-state index in [-0.39, 0.29) is 18.2 Å². The van der Waals surface area contributed by atoms with Crippen molar-refractivity contribution in [1.29, 1.82) is 0 Å². The van der Waals surface area contributed by atoms with Crippen LogP contribution in [0.25, 0.3) is 11.1 Å². The largest absolute Gasteiger partial charge is 0.511 e. The highest BCUT2D eigenvalue weighted by Gasteiger charge is 2.21. The molecular weight excluding hydrogens is 513 g/mol. The van der Waals surface area contributed by atoms with Gasteiger partial charge in [0.15, 0.2) is 0 Å². The predicted octanol–water partition coefficient (Wildman–Crippen LogP) is 7.08. The van der Waals surface area contributed by atoms with Crippen LogP contribution in [0.1, 0.15) is 43.6 Å². The molecule has 0 fully saturated rings. The van der Waals surface area contributed by atoms with Gasteiger partial charge in [0, 0.05) is 22.1 Å². The molecule has 37 heavy (non-hydrogen) atoms. The molecule has 0 aromatic heterocycles. The van der Waals surface area contributed by atoms with Gasteiger partial charge in [-0.25, -0.2) is 4.79 Å². The highest BCUT2D eigenvalue weighted by Crippen LogP contribution is 2.33. The summed E-state index contributed by atoms with van der Waals surface area (Å²) in [6.07, 6.45) is -1.63. The van der Waals surface area contributed by atoms with Crippen LogP contribution >= 0.6 is 23.2 Å². The van der Waals surface area contributed by atoms with Crippen LogP contribution in [0.4, 0.5) is 4.79 Å². The molecule has 0 saturated heterocycles. The summed E-state index contributed by atoms with van der Waals surface area (Å²) in [7, 11) is 0. The van der Waals surface area contributed by atoms with E-state index in [0.29, 0.717) is 34.3 Å². The number of hydrogen-bond donors (Lipinski definition) is 3. The van der Waals surface area contributed by atoms with E-state index < -0.39 is 12.3 Å². The Morgan fingerprint density at radius 3 is 2.38 bits per heavy atom. The molecule has 0 aliphatic carbocycles. The quantitative estimate of drug-likeness (QED) is 0.176. The number of aliphatic hydroxyl groups is 1. The first-order valence-electron chi connectivity index (χ1n) is 12.0. The smallest absolute Gasteiger partial charge is 0.449 e. The van der Waals surface area contributed by atoms with Gasteiger partial charge in [0.2, 0.25) is 0 Å². The number of benzene rings is 3. The van der Waals surface area contributed by atoms with E-state index in [0.717, 1.165) is 22.3 Å². The lowest BCUT2D eigenvalue weighted by atomic mass is 9.94. The summed E-state index contributed by atoms with van der Waals surface area (Å²) < 4.78 is 10.9. The lowest BCUT2D eigenvalue weighted by molar-refractivity contribution is -0.00397. The number of β-amino-alcohol motifs (C(OH)–C–C–N with tert-alkyl or cyclic N) is 1. The molecule has 0 amide bonds. The van der Waals surface area contributed by atoms with Crippen LogP contribution in [0, 0.1) is 6.92 Å². The molecule has 0 aliphatic heterocycles. The Labute approximate surface area is 228 Å². The first-order valence-corrected chi connectivity index (χ1v) is 12.8. The molecule has 0 bridgehead atoms. The van der Waals surface area contributed by atoms with Gasteiger partial charge in [-0.2, -0.15) is 0 Å². The van der Waals surface area contributed by atoms with Crippen molar-refractivity contribution in [3.63, 3.8) is 0 Å².